The molecule has 1 aromatic rings. The first-order valence-electron chi connectivity index (χ1n) is 10.6. The molecule has 0 aromatic heterocycles. The summed E-state index contributed by atoms with van der Waals surface area (Å²) < 4.78 is 14.0. The lowest BCUT2D eigenvalue weighted by Gasteiger charge is -2.42. The molecule has 1 atom stereocenters. The topological polar surface area (TPSA) is 43.9 Å². The van der Waals surface area contributed by atoms with Crippen molar-refractivity contribution in [2.75, 3.05) is 39.3 Å². The Labute approximate surface area is 167 Å². The van der Waals surface area contributed by atoms with Crippen molar-refractivity contribution in [2.45, 2.75) is 45.6 Å². The van der Waals surface area contributed by atoms with E-state index in [1.54, 1.807) is 17.0 Å². The molecule has 6 heteroatoms. The van der Waals surface area contributed by atoms with Gasteiger partial charge in [-0.05, 0) is 44.7 Å². The normalized spacial score (nSPS) is 19.6. The van der Waals surface area contributed by atoms with Gasteiger partial charge in [-0.15, -0.1) is 0 Å². The SMILES string of the molecule is CCN(CC)C(=O)[C@@H](C1CCCC1)N1CCN(C(=O)c2ccccc2F)CC1. The molecule has 1 aliphatic heterocycles. The zero-order valence-electron chi connectivity index (χ0n) is 17.1. The summed E-state index contributed by atoms with van der Waals surface area (Å²) in [5.41, 5.74) is 0.127. The predicted octanol–water partition coefficient (Wildman–Crippen LogP) is 3.01. The molecule has 0 N–H and O–H groups in total. The third-order valence-corrected chi connectivity index (χ3v) is 6.27. The number of piperazine rings is 1. The van der Waals surface area contributed by atoms with Crippen molar-refractivity contribution in [3.05, 3.63) is 35.6 Å². The first-order valence-corrected chi connectivity index (χ1v) is 10.6. The highest BCUT2D eigenvalue weighted by atomic mass is 19.1. The molecule has 1 saturated heterocycles. The van der Waals surface area contributed by atoms with Crippen molar-refractivity contribution < 1.29 is 14.0 Å². The maximum atomic E-state index is 14.0. The van der Waals surface area contributed by atoms with Gasteiger partial charge in [-0.2, -0.15) is 0 Å². The Morgan fingerprint density at radius 3 is 2.25 bits per heavy atom. The second kappa shape index (κ2) is 9.50. The molecule has 0 bridgehead atoms. The summed E-state index contributed by atoms with van der Waals surface area (Å²) in [5, 5.41) is 0. The first-order chi connectivity index (χ1) is 13.6. The van der Waals surface area contributed by atoms with E-state index in [1.165, 1.54) is 25.0 Å². The summed E-state index contributed by atoms with van der Waals surface area (Å²) in [5.74, 6) is -0.103. The Hall–Kier alpha value is -1.95. The monoisotopic (exact) mass is 389 g/mol. The van der Waals surface area contributed by atoms with Crippen molar-refractivity contribution in [3.8, 4) is 0 Å². The molecule has 0 radical (unpaired) electrons. The van der Waals surface area contributed by atoms with E-state index in [2.05, 4.69) is 4.90 Å². The zero-order valence-corrected chi connectivity index (χ0v) is 17.1. The van der Waals surface area contributed by atoms with Gasteiger partial charge in [-0.25, -0.2) is 4.39 Å². The fourth-order valence-corrected chi connectivity index (χ4v) is 4.66. The number of carbonyl (C=O) groups excluding carboxylic acids is 2. The van der Waals surface area contributed by atoms with E-state index in [1.807, 2.05) is 18.7 Å². The first kappa shape index (κ1) is 20.8. The minimum absolute atomic E-state index is 0.0897. The molecule has 1 aromatic carbocycles. The number of hydrogen-bond acceptors (Lipinski definition) is 3. The Balaban J connectivity index is 1.69. The number of halogens is 1. The van der Waals surface area contributed by atoms with Crippen LogP contribution in [0.25, 0.3) is 0 Å². The molecule has 28 heavy (non-hydrogen) atoms. The van der Waals surface area contributed by atoms with Gasteiger partial charge in [0.1, 0.15) is 5.82 Å². The third-order valence-electron chi connectivity index (χ3n) is 6.27. The second-order valence-corrected chi connectivity index (χ2v) is 7.81. The third kappa shape index (κ3) is 4.37. The summed E-state index contributed by atoms with van der Waals surface area (Å²) in [7, 11) is 0. The average molecular weight is 390 g/mol. The predicted molar refractivity (Wildman–Crippen MR) is 108 cm³/mol. The fraction of sp³-hybridized carbons (Fsp3) is 0.636. The van der Waals surface area contributed by atoms with Gasteiger partial charge in [0.2, 0.25) is 5.91 Å². The summed E-state index contributed by atoms with van der Waals surface area (Å²) in [6.45, 7) is 7.89. The highest BCUT2D eigenvalue weighted by Gasteiger charge is 2.38. The van der Waals surface area contributed by atoms with Gasteiger partial charge in [0.25, 0.3) is 5.91 Å². The Morgan fingerprint density at radius 2 is 1.68 bits per heavy atom. The maximum absolute atomic E-state index is 14.0. The zero-order chi connectivity index (χ0) is 20.1. The molecule has 2 aliphatic rings. The van der Waals surface area contributed by atoms with Crippen LogP contribution in [-0.4, -0.2) is 71.8 Å². The van der Waals surface area contributed by atoms with Crippen LogP contribution >= 0.6 is 0 Å². The van der Waals surface area contributed by atoms with Crippen LogP contribution in [0.2, 0.25) is 0 Å². The van der Waals surface area contributed by atoms with Crippen molar-refractivity contribution in [3.63, 3.8) is 0 Å². The average Bonchev–Trinajstić information content (AvgIpc) is 3.24. The summed E-state index contributed by atoms with van der Waals surface area (Å²) in [6.07, 6.45) is 4.59. The highest BCUT2D eigenvalue weighted by molar-refractivity contribution is 5.94. The Kier molecular flexibility index (Phi) is 7.05. The number of likely N-dealkylation sites (N-methyl/N-ethyl adjacent to an activating group) is 1. The number of rotatable bonds is 6. The van der Waals surface area contributed by atoms with Crippen molar-refractivity contribution in [1.82, 2.24) is 14.7 Å². The molecule has 1 saturated carbocycles. The molecular formula is C22H32FN3O2. The standard InChI is InChI=1S/C22H32FN3O2/c1-3-24(4-2)22(28)20(17-9-5-6-10-17)25-13-15-26(16-14-25)21(27)18-11-7-8-12-19(18)23/h7-8,11-12,17,20H,3-6,9-10,13-16H2,1-2H3/t20-/m1/s1. The van der Waals surface area contributed by atoms with Crippen LogP contribution in [0.1, 0.15) is 49.9 Å². The molecule has 2 amide bonds. The van der Waals surface area contributed by atoms with E-state index < -0.39 is 5.82 Å². The van der Waals surface area contributed by atoms with Crippen molar-refractivity contribution in [2.24, 2.45) is 5.92 Å². The highest BCUT2D eigenvalue weighted by Crippen LogP contribution is 2.32. The van der Waals surface area contributed by atoms with Crippen LogP contribution in [0.3, 0.4) is 0 Å². The van der Waals surface area contributed by atoms with Crippen LogP contribution in [0.15, 0.2) is 24.3 Å². The molecule has 1 aliphatic carbocycles. The van der Waals surface area contributed by atoms with E-state index in [9.17, 15) is 14.0 Å². The quantitative estimate of drug-likeness (QED) is 0.751. The fourth-order valence-electron chi connectivity index (χ4n) is 4.66. The van der Waals surface area contributed by atoms with Crippen LogP contribution in [0.5, 0.6) is 0 Å². The van der Waals surface area contributed by atoms with E-state index in [0.29, 0.717) is 32.1 Å². The molecular weight excluding hydrogens is 357 g/mol. The minimum Gasteiger partial charge on any atom is -0.342 e. The van der Waals surface area contributed by atoms with Gasteiger partial charge in [0.05, 0.1) is 11.6 Å². The van der Waals surface area contributed by atoms with E-state index in [-0.39, 0.29) is 23.4 Å². The minimum atomic E-state index is -0.476. The van der Waals surface area contributed by atoms with Gasteiger partial charge in [0, 0.05) is 39.3 Å². The van der Waals surface area contributed by atoms with E-state index in [4.69, 9.17) is 0 Å². The molecule has 1 heterocycles. The molecule has 5 nitrogen and oxygen atoms in total. The van der Waals surface area contributed by atoms with Crippen LogP contribution in [-0.2, 0) is 4.79 Å². The Morgan fingerprint density at radius 1 is 1.07 bits per heavy atom. The molecule has 154 valence electrons. The molecule has 0 spiro atoms. The smallest absolute Gasteiger partial charge is 0.256 e. The maximum Gasteiger partial charge on any atom is 0.256 e. The summed E-state index contributed by atoms with van der Waals surface area (Å²) in [6, 6.07) is 6.05. The summed E-state index contributed by atoms with van der Waals surface area (Å²) in [4.78, 5) is 31.8. The molecule has 3 rings (SSSR count). The number of carbonyl (C=O) groups is 2. The van der Waals surface area contributed by atoms with Crippen LogP contribution in [0, 0.1) is 11.7 Å². The lowest BCUT2D eigenvalue weighted by atomic mass is 9.94. The van der Waals surface area contributed by atoms with Crippen LogP contribution < -0.4 is 0 Å². The van der Waals surface area contributed by atoms with Gasteiger partial charge in [-0.3, -0.25) is 14.5 Å². The van der Waals surface area contributed by atoms with E-state index in [0.717, 1.165) is 25.9 Å². The molecule has 2 fully saturated rings. The van der Waals surface area contributed by atoms with Gasteiger partial charge >= 0.3 is 0 Å². The van der Waals surface area contributed by atoms with Gasteiger partial charge in [0.15, 0.2) is 0 Å². The number of benzene rings is 1. The summed E-state index contributed by atoms with van der Waals surface area (Å²) >= 11 is 0. The van der Waals surface area contributed by atoms with Crippen molar-refractivity contribution in [1.29, 1.82) is 0 Å². The second-order valence-electron chi connectivity index (χ2n) is 7.81. The number of nitrogens with zero attached hydrogens (tertiary/aromatic N) is 3. The van der Waals surface area contributed by atoms with Crippen molar-refractivity contribution >= 4 is 11.8 Å². The lowest BCUT2D eigenvalue weighted by molar-refractivity contribution is -0.139. The van der Waals surface area contributed by atoms with E-state index >= 15 is 0 Å². The Bertz CT molecular complexity index is 678. The van der Waals surface area contributed by atoms with Gasteiger partial charge in [-0.1, -0.05) is 25.0 Å². The molecule has 0 unspecified atom stereocenters. The number of hydrogen-bond donors (Lipinski definition) is 0. The largest absolute Gasteiger partial charge is 0.342 e. The number of amides is 2. The van der Waals surface area contributed by atoms with Crippen LogP contribution in [0.4, 0.5) is 4.39 Å². The lowest BCUT2D eigenvalue weighted by Crippen LogP contribution is -2.58. The van der Waals surface area contributed by atoms with Gasteiger partial charge < -0.3 is 9.80 Å².